The third-order valence-corrected chi connectivity index (χ3v) is 5.36. The summed E-state index contributed by atoms with van der Waals surface area (Å²) < 4.78 is 5.64. The first-order valence-corrected chi connectivity index (χ1v) is 9.91. The van der Waals surface area contributed by atoms with Crippen molar-refractivity contribution < 1.29 is 14.3 Å². The number of nitrogens with zero attached hydrogens (tertiary/aromatic N) is 1. The number of ether oxygens (including phenoxy) is 1. The van der Waals surface area contributed by atoms with Gasteiger partial charge in [0.15, 0.2) is 0 Å². The van der Waals surface area contributed by atoms with Crippen molar-refractivity contribution in [2.75, 3.05) is 0 Å². The Bertz CT molecular complexity index is 700. The van der Waals surface area contributed by atoms with Crippen LogP contribution in [0.25, 0.3) is 5.57 Å². The fourth-order valence-corrected chi connectivity index (χ4v) is 4.05. The van der Waals surface area contributed by atoms with Crippen LogP contribution in [0.2, 0.25) is 0 Å². The van der Waals surface area contributed by atoms with Gasteiger partial charge in [-0.05, 0) is 44.4 Å². The molecule has 2 aliphatic rings. The van der Waals surface area contributed by atoms with E-state index in [9.17, 15) is 9.59 Å². The summed E-state index contributed by atoms with van der Waals surface area (Å²) in [5, 5.41) is 0.0367. The number of rotatable bonds is 4. The van der Waals surface area contributed by atoms with Crippen molar-refractivity contribution in [2.45, 2.75) is 70.9 Å². The van der Waals surface area contributed by atoms with Crippen molar-refractivity contribution in [3.05, 3.63) is 34.9 Å². The smallest absolute Gasteiger partial charge is 0.273 e. The minimum Gasteiger partial charge on any atom is -0.491 e. The molecule has 4 nitrogen and oxygen atoms in total. The molecule has 1 aromatic carbocycles. The molecule has 2 amide bonds. The molecule has 0 radical (unpaired) electrons. The minimum absolute atomic E-state index is 0.0367. The summed E-state index contributed by atoms with van der Waals surface area (Å²) in [7, 11) is 0. The van der Waals surface area contributed by atoms with Gasteiger partial charge in [0.1, 0.15) is 10.8 Å². The molecule has 0 saturated heterocycles. The lowest BCUT2D eigenvalue weighted by atomic mass is 9.95. The van der Waals surface area contributed by atoms with Crippen molar-refractivity contribution in [1.82, 2.24) is 4.90 Å². The topological polar surface area (TPSA) is 46.6 Å². The van der Waals surface area contributed by atoms with Crippen molar-refractivity contribution in [3.8, 4) is 5.75 Å². The Morgan fingerprint density at radius 3 is 2.12 bits per heavy atom. The summed E-state index contributed by atoms with van der Waals surface area (Å²) in [6.45, 7) is 3.92. The Labute approximate surface area is 160 Å². The van der Waals surface area contributed by atoms with E-state index < -0.39 is 0 Å². The van der Waals surface area contributed by atoms with Gasteiger partial charge in [0.2, 0.25) is 0 Å². The predicted octanol–water partition coefficient (Wildman–Crippen LogP) is 4.91. The molecule has 5 heteroatoms. The monoisotopic (exact) mass is 375 g/mol. The first-order chi connectivity index (χ1) is 12.5. The van der Waals surface area contributed by atoms with E-state index in [-0.39, 0.29) is 29.0 Å². The number of benzene rings is 1. The standard InChI is InChI=1S/C21H26ClNO3/c1-14(2)26-17-12-10-15(11-13-17)18-19(22)21(25)23(20(18)24)16-8-6-4-3-5-7-9-16/h10-14,16H,3-9H2,1-2H3. The Hall–Kier alpha value is -1.81. The molecule has 140 valence electrons. The molecule has 1 saturated carbocycles. The molecule has 0 aromatic heterocycles. The summed E-state index contributed by atoms with van der Waals surface area (Å²) in [4.78, 5) is 27.1. The first-order valence-electron chi connectivity index (χ1n) is 9.54. The van der Waals surface area contributed by atoms with Crippen LogP contribution >= 0.6 is 11.6 Å². The molecule has 1 aliphatic carbocycles. The fourth-order valence-electron chi connectivity index (χ4n) is 3.77. The van der Waals surface area contributed by atoms with Crippen LogP contribution in [-0.2, 0) is 9.59 Å². The van der Waals surface area contributed by atoms with Crippen LogP contribution in [0.1, 0.15) is 64.4 Å². The number of carbonyl (C=O) groups is 2. The molecular weight excluding hydrogens is 350 g/mol. The van der Waals surface area contributed by atoms with Gasteiger partial charge in [0, 0.05) is 6.04 Å². The summed E-state index contributed by atoms with van der Waals surface area (Å²) in [5.74, 6) is 0.122. The zero-order chi connectivity index (χ0) is 18.7. The van der Waals surface area contributed by atoms with Crippen LogP contribution in [0.4, 0.5) is 0 Å². The summed E-state index contributed by atoms with van der Waals surface area (Å²) in [6.07, 6.45) is 7.49. The third-order valence-electron chi connectivity index (χ3n) is 5.01. The van der Waals surface area contributed by atoms with Gasteiger partial charge in [-0.2, -0.15) is 0 Å². The first kappa shape index (κ1) is 19.0. The van der Waals surface area contributed by atoms with E-state index >= 15 is 0 Å². The van der Waals surface area contributed by atoms with E-state index in [1.165, 1.54) is 11.3 Å². The maximum Gasteiger partial charge on any atom is 0.273 e. The Kier molecular flexibility index (Phi) is 6.02. The van der Waals surface area contributed by atoms with Gasteiger partial charge in [0.05, 0.1) is 11.7 Å². The fraction of sp³-hybridized carbons (Fsp3) is 0.524. The SMILES string of the molecule is CC(C)Oc1ccc(C2=C(Cl)C(=O)N(C3CCCCCCC3)C2=O)cc1. The van der Waals surface area contributed by atoms with Crippen LogP contribution in [0, 0.1) is 0 Å². The molecule has 0 atom stereocenters. The van der Waals surface area contributed by atoms with E-state index in [4.69, 9.17) is 16.3 Å². The summed E-state index contributed by atoms with van der Waals surface area (Å²) >= 11 is 6.31. The van der Waals surface area contributed by atoms with Gasteiger partial charge in [-0.25, -0.2) is 0 Å². The van der Waals surface area contributed by atoms with Gasteiger partial charge in [-0.1, -0.05) is 55.8 Å². The highest BCUT2D eigenvalue weighted by Gasteiger charge is 2.41. The largest absolute Gasteiger partial charge is 0.491 e. The molecule has 1 aromatic rings. The lowest BCUT2D eigenvalue weighted by molar-refractivity contribution is -0.139. The molecular formula is C21H26ClNO3. The van der Waals surface area contributed by atoms with Gasteiger partial charge in [0.25, 0.3) is 11.8 Å². The average molecular weight is 376 g/mol. The number of hydrogen-bond donors (Lipinski definition) is 0. The number of carbonyl (C=O) groups excluding carboxylic acids is 2. The lowest BCUT2D eigenvalue weighted by Gasteiger charge is -2.28. The number of hydrogen-bond acceptors (Lipinski definition) is 3. The van der Waals surface area contributed by atoms with Crippen LogP contribution in [0.15, 0.2) is 29.3 Å². The van der Waals surface area contributed by atoms with Crippen LogP contribution in [0.3, 0.4) is 0 Å². The maximum absolute atomic E-state index is 13.0. The van der Waals surface area contributed by atoms with Crippen LogP contribution in [0.5, 0.6) is 5.75 Å². The van der Waals surface area contributed by atoms with E-state index in [2.05, 4.69) is 0 Å². The van der Waals surface area contributed by atoms with Gasteiger partial charge < -0.3 is 4.74 Å². The van der Waals surface area contributed by atoms with Crippen molar-refractivity contribution in [1.29, 1.82) is 0 Å². The Balaban J connectivity index is 1.81. The Morgan fingerprint density at radius 1 is 0.962 bits per heavy atom. The zero-order valence-corrected chi connectivity index (χ0v) is 16.2. The van der Waals surface area contributed by atoms with Crippen molar-refractivity contribution in [3.63, 3.8) is 0 Å². The van der Waals surface area contributed by atoms with E-state index in [1.54, 1.807) is 12.1 Å². The highest BCUT2D eigenvalue weighted by Crippen LogP contribution is 2.36. The van der Waals surface area contributed by atoms with E-state index in [0.717, 1.165) is 44.3 Å². The highest BCUT2D eigenvalue weighted by atomic mass is 35.5. The van der Waals surface area contributed by atoms with E-state index in [1.807, 2.05) is 26.0 Å². The number of amides is 2. The molecule has 3 rings (SSSR count). The van der Waals surface area contributed by atoms with Crippen LogP contribution < -0.4 is 4.74 Å². The van der Waals surface area contributed by atoms with Crippen molar-refractivity contribution in [2.24, 2.45) is 0 Å². The summed E-state index contributed by atoms with van der Waals surface area (Å²) in [6, 6.07) is 7.17. The van der Waals surface area contributed by atoms with Gasteiger partial charge >= 0.3 is 0 Å². The van der Waals surface area contributed by atoms with Crippen LogP contribution in [-0.4, -0.2) is 28.9 Å². The third kappa shape index (κ3) is 3.96. The van der Waals surface area contributed by atoms with Gasteiger partial charge in [-0.15, -0.1) is 0 Å². The summed E-state index contributed by atoms with van der Waals surface area (Å²) in [5.41, 5.74) is 0.979. The second kappa shape index (κ2) is 8.26. The Morgan fingerprint density at radius 2 is 1.54 bits per heavy atom. The molecule has 1 aliphatic heterocycles. The number of halogens is 1. The molecule has 0 bridgehead atoms. The second-order valence-electron chi connectivity index (χ2n) is 7.36. The molecule has 1 heterocycles. The molecule has 0 unspecified atom stereocenters. The predicted molar refractivity (Wildman–Crippen MR) is 103 cm³/mol. The van der Waals surface area contributed by atoms with E-state index in [0.29, 0.717) is 11.1 Å². The second-order valence-corrected chi connectivity index (χ2v) is 7.74. The normalized spacial score (nSPS) is 19.9. The maximum atomic E-state index is 13.0. The van der Waals surface area contributed by atoms with Gasteiger partial charge in [-0.3, -0.25) is 14.5 Å². The average Bonchev–Trinajstić information content (AvgIpc) is 2.78. The van der Waals surface area contributed by atoms with Crippen molar-refractivity contribution >= 4 is 29.0 Å². The molecule has 26 heavy (non-hydrogen) atoms. The zero-order valence-electron chi connectivity index (χ0n) is 15.5. The minimum atomic E-state index is -0.347. The quantitative estimate of drug-likeness (QED) is 0.703. The lowest BCUT2D eigenvalue weighted by Crippen LogP contribution is -2.41. The number of imide groups is 1. The molecule has 1 fully saturated rings. The highest BCUT2D eigenvalue weighted by molar-refractivity contribution is 6.55. The molecule has 0 spiro atoms. The molecule has 0 N–H and O–H groups in total.